The molecule has 2 amide bonds. The van der Waals surface area contributed by atoms with Crippen LogP contribution in [0.5, 0.6) is 5.75 Å². The van der Waals surface area contributed by atoms with E-state index in [4.69, 9.17) is 16.3 Å². The molecule has 7 heteroatoms. The Morgan fingerprint density at radius 1 is 1.00 bits per heavy atom. The van der Waals surface area contributed by atoms with Crippen molar-refractivity contribution in [2.45, 2.75) is 26.7 Å². The summed E-state index contributed by atoms with van der Waals surface area (Å²) in [6.45, 7) is 6.04. The first-order chi connectivity index (χ1) is 14.4. The standard InChI is InChI=1S/C23H26ClFN2O3/c1-16-6-3-7-17(2)22(16)30-15-5-10-20(28)26-11-13-27(14-12-26)23(29)21-18(24)8-4-9-19(21)25/h3-4,6-9H,5,10-15H2,1-2H3. The van der Waals surface area contributed by atoms with Gasteiger partial charge in [-0.05, 0) is 43.5 Å². The molecule has 0 spiro atoms. The van der Waals surface area contributed by atoms with Gasteiger partial charge in [0.15, 0.2) is 0 Å². The Kier molecular flexibility index (Phi) is 7.32. The first kappa shape index (κ1) is 22.1. The van der Waals surface area contributed by atoms with Gasteiger partial charge < -0.3 is 14.5 Å². The molecule has 1 saturated heterocycles. The molecule has 1 heterocycles. The Morgan fingerprint density at radius 3 is 2.23 bits per heavy atom. The number of para-hydroxylation sites is 1. The molecule has 0 bridgehead atoms. The molecule has 30 heavy (non-hydrogen) atoms. The molecule has 2 aromatic rings. The van der Waals surface area contributed by atoms with Crippen LogP contribution in [0.25, 0.3) is 0 Å². The monoisotopic (exact) mass is 432 g/mol. The second-order valence-corrected chi connectivity index (χ2v) is 7.85. The van der Waals surface area contributed by atoms with Crippen LogP contribution in [0.4, 0.5) is 4.39 Å². The highest BCUT2D eigenvalue weighted by atomic mass is 35.5. The van der Waals surface area contributed by atoms with Crippen molar-refractivity contribution < 1.29 is 18.7 Å². The van der Waals surface area contributed by atoms with E-state index in [-0.39, 0.29) is 16.5 Å². The maximum absolute atomic E-state index is 14.0. The van der Waals surface area contributed by atoms with E-state index in [0.717, 1.165) is 16.9 Å². The number of carbonyl (C=O) groups excluding carboxylic acids is 2. The fourth-order valence-electron chi connectivity index (χ4n) is 3.60. The van der Waals surface area contributed by atoms with Crippen LogP contribution in [-0.4, -0.2) is 54.4 Å². The highest BCUT2D eigenvalue weighted by Gasteiger charge is 2.27. The molecule has 1 aliphatic heterocycles. The number of nitrogens with zero attached hydrogens (tertiary/aromatic N) is 2. The molecule has 0 aliphatic carbocycles. The largest absolute Gasteiger partial charge is 0.493 e. The zero-order chi connectivity index (χ0) is 21.7. The summed E-state index contributed by atoms with van der Waals surface area (Å²) >= 11 is 5.99. The van der Waals surface area contributed by atoms with Gasteiger partial charge in [-0.25, -0.2) is 4.39 Å². The summed E-state index contributed by atoms with van der Waals surface area (Å²) in [6.07, 6.45) is 1.01. The lowest BCUT2D eigenvalue weighted by Crippen LogP contribution is -2.50. The van der Waals surface area contributed by atoms with Gasteiger partial charge in [0.2, 0.25) is 5.91 Å². The van der Waals surface area contributed by atoms with E-state index < -0.39 is 11.7 Å². The summed E-state index contributed by atoms with van der Waals surface area (Å²) in [5, 5.41) is 0.0994. The molecule has 0 N–H and O–H groups in total. The Balaban J connectivity index is 1.45. The molecular weight excluding hydrogens is 407 g/mol. The summed E-state index contributed by atoms with van der Waals surface area (Å²) in [5.41, 5.74) is 2.05. The van der Waals surface area contributed by atoms with Crippen LogP contribution in [0, 0.1) is 19.7 Å². The SMILES string of the molecule is Cc1cccc(C)c1OCCCC(=O)N1CCN(C(=O)c2c(F)cccc2Cl)CC1. The van der Waals surface area contributed by atoms with Gasteiger partial charge >= 0.3 is 0 Å². The minimum absolute atomic E-state index is 0.0381. The third-order valence-corrected chi connectivity index (χ3v) is 5.60. The van der Waals surface area contributed by atoms with Crippen molar-refractivity contribution in [3.63, 3.8) is 0 Å². The molecule has 0 aromatic heterocycles. The molecule has 2 aromatic carbocycles. The van der Waals surface area contributed by atoms with E-state index in [1.165, 1.54) is 23.1 Å². The summed E-state index contributed by atoms with van der Waals surface area (Å²) in [4.78, 5) is 28.4. The number of hydrogen-bond donors (Lipinski definition) is 0. The van der Waals surface area contributed by atoms with Crippen molar-refractivity contribution >= 4 is 23.4 Å². The quantitative estimate of drug-likeness (QED) is 0.641. The van der Waals surface area contributed by atoms with Gasteiger partial charge in [0.05, 0.1) is 17.2 Å². The summed E-state index contributed by atoms with van der Waals surface area (Å²) < 4.78 is 19.9. The predicted molar refractivity (Wildman–Crippen MR) is 115 cm³/mol. The van der Waals surface area contributed by atoms with Crippen LogP contribution < -0.4 is 4.74 Å². The number of piperazine rings is 1. The van der Waals surface area contributed by atoms with E-state index in [0.29, 0.717) is 45.6 Å². The van der Waals surface area contributed by atoms with Crippen LogP contribution in [-0.2, 0) is 4.79 Å². The average molecular weight is 433 g/mol. The number of halogens is 2. The van der Waals surface area contributed by atoms with Crippen molar-refractivity contribution in [3.05, 3.63) is 63.9 Å². The van der Waals surface area contributed by atoms with Gasteiger partial charge in [-0.2, -0.15) is 0 Å². The molecule has 1 fully saturated rings. The number of hydrogen-bond acceptors (Lipinski definition) is 3. The van der Waals surface area contributed by atoms with Gasteiger partial charge in [0.25, 0.3) is 5.91 Å². The first-order valence-electron chi connectivity index (χ1n) is 10.1. The molecule has 0 unspecified atom stereocenters. The van der Waals surface area contributed by atoms with Crippen molar-refractivity contribution in [1.29, 1.82) is 0 Å². The van der Waals surface area contributed by atoms with Crippen LogP contribution in [0.15, 0.2) is 36.4 Å². The lowest BCUT2D eigenvalue weighted by atomic mass is 10.1. The number of ether oxygens (including phenoxy) is 1. The van der Waals surface area contributed by atoms with Crippen LogP contribution in [0.2, 0.25) is 5.02 Å². The lowest BCUT2D eigenvalue weighted by Gasteiger charge is -2.35. The highest BCUT2D eigenvalue weighted by molar-refractivity contribution is 6.33. The summed E-state index contributed by atoms with van der Waals surface area (Å²) in [7, 11) is 0. The number of amides is 2. The van der Waals surface area contributed by atoms with Crippen LogP contribution in [0.1, 0.15) is 34.3 Å². The minimum Gasteiger partial charge on any atom is -0.493 e. The number of carbonyl (C=O) groups is 2. The van der Waals surface area contributed by atoms with Gasteiger partial charge in [-0.15, -0.1) is 0 Å². The van der Waals surface area contributed by atoms with Crippen molar-refractivity contribution in [1.82, 2.24) is 9.80 Å². The van der Waals surface area contributed by atoms with Crippen LogP contribution in [0.3, 0.4) is 0 Å². The normalized spacial score (nSPS) is 14.0. The maximum Gasteiger partial charge on any atom is 0.258 e. The minimum atomic E-state index is -0.630. The molecule has 5 nitrogen and oxygen atoms in total. The van der Waals surface area contributed by atoms with E-state index in [1.807, 2.05) is 32.0 Å². The molecule has 0 saturated carbocycles. The lowest BCUT2D eigenvalue weighted by molar-refractivity contribution is -0.132. The van der Waals surface area contributed by atoms with Crippen molar-refractivity contribution in [2.24, 2.45) is 0 Å². The van der Waals surface area contributed by atoms with Gasteiger partial charge in [0, 0.05) is 32.6 Å². The zero-order valence-electron chi connectivity index (χ0n) is 17.3. The van der Waals surface area contributed by atoms with E-state index >= 15 is 0 Å². The van der Waals surface area contributed by atoms with E-state index in [9.17, 15) is 14.0 Å². The smallest absolute Gasteiger partial charge is 0.258 e. The number of benzene rings is 2. The van der Waals surface area contributed by atoms with Crippen molar-refractivity contribution in [3.8, 4) is 5.75 Å². The maximum atomic E-state index is 14.0. The van der Waals surface area contributed by atoms with Gasteiger partial charge in [0.1, 0.15) is 11.6 Å². The Morgan fingerprint density at radius 2 is 1.60 bits per heavy atom. The Hall–Kier alpha value is -2.60. The van der Waals surface area contributed by atoms with Gasteiger partial charge in [-0.1, -0.05) is 35.9 Å². The Labute approximate surface area is 181 Å². The molecule has 160 valence electrons. The second kappa shape index (κ2) is 9.94. The molecule has 1 aliphatic rings. The third kappa shape index (κ3) is 5.11. The molecule has 0 atom stereocenters. The fraction of sp³-hybridized carbons (Fsp3) is 0.391. The Bertz CT molecular complexity index is 886. The average Bonchev–Trinajstić information content (AvgIpc) is 2.72. The summed E-state index contributed by atoms with van der Waals surface area (Å²) in [5.74, 6) is -0.151. The highest BCUT2D eigenvalue weighted by Crippen LogP contribution is 2.23. The first-order valence-corrected chi connectivity index (χ1v) is 10.5. The zero-order valence-corrected chi connectivity index (χ0v) is 18.0. The molecule has 3 rings (SSSR count). The number of aryl methyl sites for hydroxylation is 2. The summed E-state index contributed by atoms with van der Waals surface area (Å²) in [6, 6.07) is 10.2. The third-order valence-electron chi connectivity index (χ3n) is 5.29. The number of rotatable bonds is 6. The van der Waals surface area contributed by atoms with E-state index in [1.54, 1.807) is 4.90 Å². The van der Waals surface area contributed by atoms with E-state index in [2.05, 4.69) is 0 Å². The van der Waals surface area contributed by atoms with Crippen molar-refractivity contribution in [2.75, 3.05) is 32.8 Å². The second-order valence-electron chi connectivity index (χ2n) is 7.44. The molecule has 0 radical (unpaired) electrons. The predicted octanol–water partition coefficient (Wildman–Crippen LogP) is 4.24. The van der Waals surface area contributed by atoms with Gasteiger partial charge in [-0.3, -0.25) is 9.59 Å². The fourth-order valence-corrected chi connectivity index (χ4v) is 3.85. The van der Waals surface area contributed by atoms with Crippen LogP contribution >= 0.6 is 11.6 Å². The molecular formula is C23H26ClFN2O3. The topological polar surface area (TPSA) is 49.9 Å².